The number of fused-ring (bicyclic) bond motifs is 1. The number of aromatic nitrogens is 4. The number of hydrogen-bond donors (Lipinski definition) is 3. The molecule has 1 amide bonds. The van der Waals surface area contributed by atoms with Crippen LogP contribution in [0.4, 0.5) is 15.9 Å². The third-order valence-corrected chi connectivity index (χ3v) is 4.03. The number of amides is 1. The van der Waals surface area contributed by atoms with Crippen LogP contribution in [-0.2, 0) is 0 Å². The molecule has 3 rings (SSSR count). The summed E-state index contributed by atoms with van der Waals surface area (Å²) in [6, 6.07) is 5.29. The van der Waals surface area contributed by atoms with Gasteiger partial charge in [-0.05, 0) is 26.8 Å². The van der Waals surface area contributed by atoms with Gasteiger partial charge >= 0.3 is 0 Å². The summed E-state index contributed by atoms with van der Waals surface area (Å²) in [5.41, 5.74) is 7.35. The van der Waals surface area contributed by atoms with Crippen molar-refractivity contribution in [1.82, 2.24) is 25.1 Å². The third kappa shape index (κ3) is 4.24. The summed E-state index contributed by atoms with van der Waals surface area (Å²) < 4.78 is 14.6. The Morgan fingerprint density at radius 3 is 2.76 bits per heavy atom. The summed E-state index contributed by atoms with van der Waals surface area (Å²) in [4.78, 5) is 21.0. The van der Waals surface area contributed by atoms with Crippen LogP contribution in [0.3, 0.4) is 0 Å². The molecule has 0 bridgehead atoms. The molecule has 3 heterocycles. The minimum Gasteiger partial charge on any atom is -0.383 e. The first kappa shape index (κ1) is 20.0. The number of carbonyl (C=O) groups excluding carboxylic acids is 1. The Labute approximate surface area is 166 Å². The molecule has 9 nitrogen and oxygen atoms in total. The van der Waals surface area contributed by atoms with Gasteiger partial charge in [0, 0.05) is 30.2 Å². The number of nitrogens with one attached hydrogen (secondary N) is 2. The Morgan fingerprint density at radius 2 is 2.10 bits per heavy atom. The Hall–Kier alpha value is -3.74. The van der Waals surface area contributed by atoms with Crippen LogP contribution in [0, 0.1) is 11.3 Å². The lowest BCUT2D eigenvalue weighted by atomic mass is 10.2. The Kier molecular flexibility index (Phi) is 5.59. The average molecular weight is 396 g/mol. The summed E-state index contributed by atoms with van der Waals surface area (Å²) >= 11 is 0. The molecule has 29 heavy (non-hydrogen) atoms. The van der Waals surface area contributed by atoms with Crippen molar-refractivity contribution in [3.8, 4) is 11.9 Å². The molecule has 0 fully saturated rings. The first-order chi connectivity index (χ1) is 13.8. The Morgan fingerprint density at radius 1 is 1.34 bits per heavy atom. The molecule has 0 saturated carbocycles. The fourth-order valence-electron chi connectivity index (χ4n) is 2.73. The van der Waals surface area contributed by atoms with Crippen molar-refractivity contribution < 1.29 is 9.18 Å². The third-order valence-electron chi connectivity index (χ3n) is 4.03. The van der Waals surface area contributed by atoms with Crippen LogP contribution >= 0.6 is 0 Å². The number of nitrogens with two attached hydrogens (primary N) is 1. The highest BCUT2D eigenvalue weighted by Gasteiger charge is 2.17. The standard InChI is InChI=1S/C19H21FN8O/c1-10(2)26-15-5-16(23-9-14(15)19(29)24-7-11(3)20)28-18-13(8-25-28)4-12(6-21)17(22)27-18/h4-5,8-11H,7H2,1-3H3,(H2,22,27)(H,23,26)(H,24,29)/t11-/m1/s1. The van der Waals surface area contributed by atoms with Crippen molar-refractivity contribution in [1.29, 1.82) is 5.26 Å². The molecule has 3 aromatic heterocycles. The second-order valence-corrected chi connectivity index (χ2v) is 6.88. The van der Waals surface area contributed by atoms with Gasteiger partial charge in [-0.3, -0.25) is 4.79 Å². The topological polar surface area (TPSA) is 135 Å². The van der Waals surface area contributed by atoms with E-state index in [4.69, 9.17) is 11.0 Å². The van der Waals surface area contributed by atoms with Gasteiger partial charge in [0.1, 0.15) is 18.1 Å². The van der Waals surface area contributed by atoms with Crippen LogP contribution in [0.1, 0.15) is 36.7 Å². The summed E-state index contributed by atoms with van der Waals surface area (Å²) in [7, 11) is 0. The van der Waals surface area contributed by atoms with E-state index in [1.165, 1.54) is 17.8 Å². The fraction of sp³-hybridized carbons (Fsp3) is 0.316. The molecule has 4 N–H and O–H groups in total. The van der Waals surface area contributed by atoms with Crippen molar-refractivity contribution in [3.63, 3.8) is 0 Å². The maximum absolute atomic E-state index is 13.1. The molecule has 0 aliphatic carbocycles. The Balaban J connectivity index is 2.05. The minimum absolute atomic E-state index is 0.0400. The van der Waals surface area contributed by atoms with Crippen molar-refractivity contribution in [3.05, 3.63) is 35.7 Å². The Bertz CT molecular complexity index is 1100. The molecule has 0 radical (unpaired) electrons. The number of halogens is 1. The summed E-state index contributed by atoms with van der Waals surface area (Å²) in [6.07, 6.45) is 1.81. The molecule has 150 valence electrons. The number of carbonyl (C=O) groups is 1. The van der Waals surface area contributed by atoms with Gasteiger partial charge < -0.3 is 16.4 Å². The van der Waals surface area contributed by atoms with Crippen molar-refractivity contribution in [2.45, 2.75) is 33.0 Å². The predicted octanol–water partition coefficient (Wildman–Crippen LogP) is 2.18. The quantitative estimate of drug-likeness (QED) is 0.581. The predicted molar refractivity (Wildman–Crippen MR) is 107 cm³/mol. The van der Waals surface area contributed by atoms with Gasteiger partial charge in [0.25, 0.3) is 5.91 Å². The first-order valence-corrected chi connectivity index (χ1v) is 9.03. The van der Waals surface area contributed by atoms with Crippen molar-refractivity contribution >= 4 is 28.4 Å². The number of rotatable bonds is 6. The second kappa shape index (κ2) is 8.10. The second-order valence-electron chi connectivity index (χ2n) is 6.88. The van der Waals surface area contributed by atoms with E-state index >= 15 is 0 Å². The van der Waals surface area contributed by atoms with E-state index in [0.717, 1.165) is 0 Å². The lowest BCUT2D eigenvalue weighted by Crippen LogP contribution is -2.30. The van der Waals surface area contributed by atoms with E-state index in [1.54, 1.807) is 18.3 Å². The molecule has 1 atom stereocenters. The maximum Gasteiger partial charge on any atom is 0.255 e. The van der Waals surface area contributed by atoms with Gasteiger partial charge in [0.15, 0.2) is 11.5 Å². The van der Waals surface area contributed by atoms with E-state index in [2.05, 4.69) is 25.7 Å². The van der Waals surface area contributed by atoms with Gasteiger partial charge in [-0.15, -0.1) is 0 Å². The molecule has 0 unspecified atom stereocenters. The van der Waals surface area contributed by atoms with E-state index < -0.39 is 12.1 Å². The molecular weight excluding hydrogens is 375 g/mol. The van der Waals surface area contributed by atoms with Crippen LogP contribution < -0.4 is 16.4 Å². The van der Waals surface area contributed by atoms with Crippen LogP contribution in [0.25, 0.3) is 16.9 Å². The smallest absolute Gasteiger partial charge is 0.255 e. The van der Waals surface area contributed by atoms with Gasteiger partial charge in [0.2, 0.25) is 0 Å². The number of nitrogen functional groups attached to an aromatic ring is 1. The highest BCUT2D eigenvalue weighted by Crippen LogP contribution is 2.23. The number of nitriles is 1. The average Bonchev–Trinajstić information content (AvgIpc) is 3.07. The number of hydrogen-bond acceptors (Lipinski definition) is 7. The zero-order chi connectivity index (χ0) is 21.1. The van der Waals surface area contributed by atoms with Crippen LogP contribution in [-0.4, -0.2) is 44.4 Å². The SMILES string of the molecule is CC(C)Nc1cc(-n2ncc3cc(C#N)c(N)nc32)ncc1C(=O)NC[C@@H](C)F. The van der Waals surface area contributed by atoms with Crippen molar-refractivity contribution in [2.75, 3.05) is 17.6 Å². The molecule has 10 heteroatoms. The highest BCUT2D eigenvalue weighted by atomic mass is 19.1. The summed E-state index contributed by atoms with van der Waals surface area (Å²) in [5, 5.41) is 19.8. The van der Waals surface area contributed by atoms with Crippen molar-refractivity contribution in [2.24, 2.45) is 0 Å². The molecule has 0 aliphatic heterocycles. The zero-order valence-electron chi connectivity index (χ0n) is 16.3. The molecular formula is C19H21FN8O. The maximum atomic E-state index is 13.1. The first-order valence-electron chi connectivity index (χ1n) is 9.03. The number of pyridine rings is 2. The molecule has 0 aromatic carbocycles. The van der Waals surface area contributed by atoms with Gasteiger partial charge in [0.05, 0.1) is 23.0 Å². The monoisotopic (exact) mass is 396 g/mol. The van der Waals surface area contributed by atoms with Gasteiger partial charge in [-0.25, -0.2) is 14.4 Å². The molecule has 0 aliphatic rings. The number of nitrogens with zero attached hydrogens (tertiary/aromatic N) is 5. The summed E-state index contributed by atoms with van der Waals surface area (Å²) in [6.45, 7) is 5.14. The fourth-order valence-corrected chi connectivity index (χ4v) is 2.73. The van der Waals surface area contributed by atoms with E-state index in [9.17, 15) is 9.18 Å². The van der Waals surface area contributed by atoms with Crippen LogP contribution in [0.15, 0.2) is 24.5 Å². The molecule has 0 saturated heterocycles. The highest BCUT2D eigenvalue weighted by molar-refractivity contribution is 5.99. The van der Waals surface area contributed by atoms with Gasteiger partial charge in [-0.1, -0.05) is 0 Å². The number of alkyl halides is 1. The zero-order valence-corrected chi connectivity index (χ0v) is 16.3. The minimum atomic E-state index is -1.15. The molecule has 0 spiro atoms. The van der Waals surface area contributed by atoms with E-state index in [-0.39, 0.29) is 24.0 Å². The lowest BCUT2D eigenvalue weighted by molar-refractivity contribution is 0.0944. The largest absolute Gasteiger partial charge is 0.383 e. The van der Waals surface area contributed by atoms with Crippen LogP contribution in [0.2, 0.25) is 0 Å². The van der Waals surface area contributed by atoms with Crippen LogP contribution in [0.5, 0.6) is 0 Å². The lowest BCUT2D eigenvalue weighted by Gasteiger charge is -2.16. The normalized spacial score (nSPS) is 12.0. The van der Waals surface area contributed by atoms with E-state index in [0.29, 0.717) is 28.1 Å². The molecule has 3 aromatic rings. The van der Waals surface area contributed by atoms with E-state index in [1.807, 2.05) is 19.9 Å². The number of anilines is 2. The van der Waals surface area contributed by atoms with Gasteiger partial charge in [-0.2, -0.15) is 15.0 Å². The summed E-state index contributed by atoms with van der Waals surface area (Å²) in [5.74, 6) is 0.0804.